The summed E-state index contributed by atoms with van der Waals surface area (Å²) in [5.74, 6) is -0.970. The van der Waals surface area contributed by atoms with Crippen LogP contribution in [-0.4, -0.2) is 39.7 Å². The van der Waals surface area contributed by atoms with Gasteiger partial charge in [-0.2, -0.15) is 0 Å². The zero-order valence-corrected chi connectivity index (χ0v) is 12.3. The number of aromatic nitrogens is 1. The summed E-state index contributed by atoms with van der Waals surface area (Å²) in [7, 11) is 0. The van der Waals surface area contributed by atoms with Gasteiger partial charge in [0.1, 0.15) is 0 Å². The van der Waals surface area contributed by atoms with Crippen LogP contribution in [-0.2, 0) is 6.54 Å². The van der Waals surface area contributed by atoms with Crippen LogP contribution in [0.2, 0.25) is 0 Å². The van der Waals surface area contributed by atoms with Gasteiger partial charge in [-0.3, -0.25) is 9.69 Å². The molecule has 0 spiro atoms. The SMILES string of the molecule is Cc1cc(=O)n(CC(C)N2CCCC2)c(C)c1C(=O)O. The summed E-state index contributed by atoms with van der Waals surface area (Å²) in [6, 6.07) is 1.67. The van der Waals surface area contributed by atoms with Crippen molar-refractivity contribution in [3.05, 3.63) is 33.2 Å². The molecule has 2 rings (SSSR count). The Hall–Kier alpha value is -1.62. The van der Waals surface area contributed by atoms with Crippen molar-refractivity contribution in [2.75, 3.05) is 13.1 Å². The number of carboxylic acids is 1. The molecule has 1 aromatic heterocycles. The van der Waals surface area contributed by atoms with Gasteiger partial charge in [-0.05, 0) is 52.3 Å². The van der Waals surface area contributed by atoms with E-state index in [-0.39, 0.29) is 17.2 Å². The summed E-state index contributed by atoms with van der Waals surface area (Å²) < 4.78 is 1.60. The topological polar surface area (TPSA) is 62.5 Å². The fourth-order valence-electron chi connectivity index (χ4n) is 3.03. The molecule has 1 saturated heterocycles. The summed E-state index contributed by atoms with van der Waals surface area (Å²) in [5, 5.41) is 9.28. The molecule has 1 atom stereocenters. The Balaban J connectivity index is 2.33. The number of hydrogen-bond donors (Lipinski definition) is 1. The molecular weight excluding hydrogens is 256 g/mol. The zero-order valence-electron chi connectivity index (χ0n) is 12.3. The number of aromatic carboxylic acids is 1. The Bertz CT molecular complexity index is 571. The minimum absolute atomic E-state index is 0.115. The van der Waals surface area contributed by atoms with Crippen LogP contribution in [0.1, 0.15) is 41.4 Å². The highest BCUT2D eigenvalue weighted by molar-refractivity contribution is 5.90. The Labute approximate surface area is 118 Å². The summed E-state index contributed by atoms with van der Waals surface area (Å²) >= 11 is 0. The second-order valence-corrected chi connectivity index (χ2v) is 5.63. The van der Waals surface area contributed by atoms with Gasteiger partial charge in [0.25, 0.3) is 5.56 Å². The molecule has 110 valence electrons. The molecule has 0 bridgehead atoms. The van der Waals surface area contributed by atoms with Crippen molar-refractivity contribution in [1.29, 1.82) is 0 Å². The lowest BCUT2D eigenvalue weighted by molar-refractivity contribution is 0.0693. The van der Waals surface area contributed by atoms with Gasteiger partial charge >= 0.3 is 5.97 Å². The molecule has 1 unspecified atom stereocenters. The molecule has 1 aliphatic rings. The van der Waals surface area contributed by atoms with Crippen LogP contribution in [0.15, 0.2) is 10.9 Å². The van der Waals surface area contributed by atoms with Crippen molar-refractivity contribution in [2.45, 2.75) is 46.2 Å². The summed E-state index contributed by atoms with van der Waals surface area (Å²) in [4.78, 5) is 25.8. The first-order valence-electron chi connectivity index (χ1n) is 7.10. The Morgan fingerprint density at radius 3 is 2.50 bits per heavy atom. The van der Waals surface area contributed by atoms with E-state index in [0.717, 1.165) is 13.1 Å². The predicted molar refractivity (Wildman–Crippen MR) is 77.4 cm³/mol. The minimum atomic E-state index is -0.970. The number of likely N-dealkylation sites (tertiary alicyclic amines) is 1. The zero-order chi connectivity index (χ0) is 14.9. The number of carbonyl (C=O) groups is 1. The lowest BCUT2D eigenvalue weighted by atomic mass is 10.1. The van der Waals surface area contributed by atoms with Crippen molar-refractivity contribution >= 4 is 5.97 Å². The number of pyridine rings is 1. The van der Waals surface area contributed by atoms with Gasteiger partial charge in [-0.1, -0.05) is 0 Å². The fraction of sp³-hybridized carbons (Fsp3) is 0.600. The quantitative estimate of drug-likeness (QED) is 0.909. The maximum atomic E-state index is 12.1. The van der Waals surface area contributed by atoms with Gasteiger partial charge in [0.05, 0.1) is 5.56 Å². The van der Waals surface area contributed by atoms with Gasteiger partial charge in [0.15, 0.2) is 0 Å². The molecule has 1 N–H and O–H groups in total. The van der Waals surface area contributed by atoms with Crippen LogP contribution in [0, 0.1) is 13.8 Å². The van der Waals surface area contributed by atoms with Gasteiger partial charge in [-0.15, -0.1) is 0 Å². The van der Waals surface area contributed by atoms with E-state index in [1.165, 1.54) is 18.9 Å². The molecule has 1 aliphatic heterocycles. The maximum Gasteiger partial charge on any atom is 0.337 e. The standard InChI is InChI=1S/C15H22N2O3/c1-10-8-13(18)17(12(3)14(10)15(19)20)9-11(2)16-6-4-5-7-16/h8,11H,4-7,9H2,1-3H3,(H,19,20). The van der Waals surface area contributed by atoms with Crippen LogP contribution in [0.4, 0.5) is 0 Å². The molecule has 0 amide bonds. The predicted octanol–water partition coefficient (Wildman–Crippen LogP) is 1.65. The molecule has 0 aliphatic carbocycles. The highest BCUT2D eigenvalue weighted by Gasteiger charge is 2.21. The highest BCUT2D eigenvalue weighted by Crippen LogP contribution is 2.15. The third-order valence-corrected chi connectivity index (χ3v) is 4.19. The summed E-state index contributed by atoms with van der Waals surface area (Å²) in [6.45, 7) is 8.16. The molecule has 1 fully saturated rings. The number of hydrogen-bond acceptors (Lipinski definition) is 3. The third-order valence-electron chi connectivity index (χ3n) is 4.19. The molecule has 20 heavy (non-hydrogen) atoms. The van der Waals surface area contributed by atoms with E-state index in [1.807, 2.05) is 0 Å². The highest BCUT2D eigenvalue weighted by atomic mass is 16.4. The summed E-state index contributed by atoms with van der Waals surface area (Å²) in [6.07, 6.45) is 2.40. The van der Waals surface area contributed by atoms with Crippen molar-refractivity contribution in [1.82, 2.24) is 9.47 Å². The van der Waals surface area contributed by atoms with Crippen molar-refractivity contribution < 1.29 is 9.90 Å². The van der Waals surface area contributed by atoms with Gasteiger partial charge in [0.2, 0.25) is 0 Å². The van der Waals surface area contributed by atoms with Crippen LogP contribution in [0.3, 0.4) is 0 Å². The second kappa shape index (κ2) is 5.79. The number of aryl methyl sites for hydroxylation is 1. The molecule has 2 heterocycles. The van der Waals surface area contributed by atoms with Gasteiger partial charge < -0.3 is 9.67 Å². The van der Waals surface area contributed by atoms with Crippen molar-refractivity contribution in [3.8, 4) is 0 Å². The summed E-state index contributed by atoms with van der Waals surface area (Å²) in [5.41, 5.74) is 1.22. The van der Waals surface area contributed by atoms with E-state index in [0.29, 0.717) is 17.8 Å². The van der Waals surface area contributed by atoms with Crippen LogP contribution >= 0.6 is 0 Å². The van der Waals surface area contributed by atoms with E-state index < -0.39 is 5.97 Å². The van der Waals surface area contributed by atoms with Gasteiger partial charge in [0, 0.05) is 24.3 Å². The Morgan fingerprint density at radius 1 is 1.35 bits per heavy atom. The molecule has 1 aromatic rings. The fourth-order valence-corrected chi connectivity index (χ4v) is 3.03. The molecule has 0 radical (unpaired) electrons. The smallest absolute Gasteiger partial charge is 0.337 e. The Morgan fingerprint density at radius 2 is 1.95 bits per heavy atom. The average molecular weight is 278 g/mol. The van der Waals surface area contributed by atoms with Crippen molar-refractivity contribution in [2.24, 2.45) is 0 Å². The maximum absolute atomic E-state index is 12.1. The molecule has 5 nitrogen and oxygen atoms in total. The van der Waals surface area contributed by atoms with Gasteiger partial charge in [-0.25, -0.2) is 4.79 Å². The van der Waals surface area contributed by atoms with E-state index in [1.54, 1.807) is 18.4 Å². The van der Waals surface area contributed by atoms with Crippen LogP contribution in [0.5, 0.6) is 0 Å². The van der Waals surface area contributed by atoms with E-state index in [4.69, 9.17) is 0 Å². The van der Waals surface area contributed by atoms with Crippen LogP contribution < -0.4 is 5.56 Å². The average Bonchev–Trinajstić information content (AvgIpc) is 2.87. The lowest BCUT2D eigenvalue weighted by Crippen LogP contribution is -2.38. The molecule has 0 aromatic carbocycles. The molecule has 5 heteroatoms. The number of carboxylic acid groups (broad SMARTS) is 1. The monoisotopic (exact) mass is 278 g/mol. The molecule has 0 saturated carbocycles. The van der Waals surface area contributed by atoms with E-state index in [9.17, 15) is 14.7 Å². The van der Waals surface area contributed by atoms with E-state index >= 15 is 0 Å². The third kappa shape index (κ3) is 2.77. The first-order chi connectivity index (χ1) is 9.41. The number of rotatable bonds is 4. The largest absolute Gasteiger partial charge is 0.478 e. The first-order valence-corrected chi connectivity index (χ1v) is 7.10. The van der Waals surface area contributed by atoms with E-state index in [2.05, 4.69) is 11.8 Å². The number of nitrogens with zero attached hydrogens (tertiary/aromatic N) is 2. The minimum Gasteiger partial charge on any atom is -0.478 e. The van der Waals surface area contributed by atoms with Crippen LogP contribution in [0.25, 0.3) is 0 Å². The lowest BCUT2D eigenvalue weighted by Gasteiger charge is -2.25. The van der Waals surface area contributed by atoms with Crippen molar-refractivity contribution in [3.63, 3.8) is 0 Å². The first kappa shape index (κ1) is 14.8. The normalized spacial score (nSPS) is 17.4. The molecular formula is C15H22N2O3. The Kier molecular flexibility index (Phi) is 4.28. The second-order valence-electron chi connectivity index (χ2n) is 5.63.